The van der Waals surface area contributed by atoms with Gasteiger partial charge in [0.25, 0.3) is 0 Å². The molecule has 4 nitrogen and oxygen atoms in total. The molecule has 1 aromatic carbocycles. The maximum Gasteiger partial charge on any atom is 0.242 e. The molecule has 0 aliphatic carbocycles. The summed E-state index contributed by atoms with van der Waals surface area (Å²) in [6.45, 7) is 3.49. The molecular weight excluding hydrogens is 294 g/mol. The highest BCUT2D eigenvalue weighted by Crippen LogP contribution is 2.28. The van der Waals surface area contributed by atoms with Gasteiger partial charge in [-0.15, -0.1) is 11.3 Å². The highest BCUT2D eigenvalue weighted by Gasteiger charge is 2.10. The van der Waals surface area contributed by atoms with Gasteiger partial charge in [-0.3, -0.25) is 0 Å². The second-order valence-corrected chi connectivity index (χ2v) is 5.97. The lowest BCUT2D eigenvalue weighted by Crippen LogP contribution is -1.98. The van der Waals surface area contributed by atoms with E-state index >= 15 is 0 Å². The predicted molar refractivity (Wildman–Crippen MR) is 89.4 cm³/mol. The highest BCUT2D eigenvalue weighted by atomic mass is 32.1. The fraction of sp³-hybridized carbons (Fsp3) is 0.176. The normalized spacial score (nSPS) is 11.3. The van der Waals surface area contributed by atoms with Crippen LogP contribution >= 0.6 is 11.3 Å². The second-order valence-electron chi connectivity index (χ2n) is 5.06. The molecule has 0 spiro atoms. The quantitative estimate of drug-likeness (QED) is 0.566. The van der Waals surface area contributed by atoms with Crippen LogP contribution in [0.15, 0.2) is 48.2 Å². The van der Waals surface area contributed by atoms with Gasteiger partial charge in [-0.05, 0) is 29.8 Å². The molecule has 110 valence electrons. The van der Waals surface area contributed by atoms with Crippen LogP contribution in [0.3, 0.4) is 0 Å². The molecule has 0 fully saturated rings. The van der Waals surface area contributed by atoms with Gasteiger partial charge in [0, 0.05) is 23.0 Å². The van der Waals surface area contributed by atoms with Crippen molar-refractivity contribution in [2.24, 2.45) is 0 Å². The van der Waals surface area contributed by atoms with Crippen LogP contribution in [0.5, 0.6) is 5.88 Å². The average molecular weight is 309 g/mol. The molecule has 0 amide bonds. The monoisotopic (exact) mass is 309 g/mol. The second kappa shape index (κ2) is 5.42. The molecule has 22 heavy (non-hydrogen) atoms. The third-order valence-corrected chi connectivity index (χ3v) is 4.78. The molecule has 0 saturated carbocycles. The Labute approximate surface area is 132 Å². The Kier molecular flexibility index (Phi) is 3.27. The van der Waals surface area contributed by atoms with Crippen LogP contribution < -0.4 is 4.74 Å². The molecule has 0 N–H and O–H groups in total. The van der Waals surface area contributed by atoms with Crippen molar-refractivity contribution in [2.45, 2.75) is 20.1 Å². The first-order valence-corrected chi connectivity index (χ1v) is 8.12. The van der Waals surface area contributed by atoms with E-state index in [9.17, 15) is 0 Å². The van der Waals surface area contributed by atoms with Gasteiger partial charge in [0.15, 0.2) is 5.52 Å². The Hall–Kier alpha value is -2.40. The number of imidazole rings is 1. The number of ether oxygens (including phenoxy) is 1. The van der Waals surface area contributed by atoms with Crippen molar-refractivity contribution < 1.29 is 4.74 Å². The summed E-state index contributed by atoms with van der Waals surface area (Å²) < 4.78 is 9.32. The molecule has 4 aromatic rings. The Morgan fingerprint density at radius 1 is 1.18 bits per heavy atom. The van der Waals surface area contributed by atoms with Crippen LogP contribution in [0.4, 0.5) is 0 Å². The van der Waals surface area contributed by atoms with E-state index in [2.05, 4.69) is 51.1 Å². The van der Waals surface area contributed by atoms with Gasteiger partial charge in [-0.1, -0.05) is 18.2 Å². The van der Waals surface area contributed by atoms with Crippen molar-refractivity contribution in [3.05, 3.63) is 53.8 Å². The lowest BCUT2D eigenvalue weighted by Gasteiger charge is -2.06. The van der Waals surface area contributed by atoms with Crippen molar-refractivity contribution >= 4 is 32.5 Å². The summed E-state index contributed by atoms with van der Waals surface area (Å²) in [6, 6.07) is 10.3. The minimum Gasteiger partial charge on any atom is -0.471 e. The van der Waals surface area contributed by atoms with Crippen molar-refractivity contribution in [2.75, 3.05) is 0 Å². The minimum atomic E-state index is 0.509. The van der Waals surface area contributed by atoms with Crippen molar-refractivity contribution in [3.63, 3.8) is 0 Å². The molecule has 3 aromatic heterocycles. The summed E-state index contributed by atoms with van der Waals surface area (Å²) in [5.74, 6) is 0.597. The molecule has 5 heteroatoms. The summed E-state index contributed by atoms with van der Waals surface area (Å²) in [5, 5.41) is 3.40. The predicted octanol–water partition coefficient (Wildman–Crippen LogP) is 4.24. The molecule has 0 saturated heterocycles. The van der Waals surface area contributed by atoms with Crippen LogP contribution in [0.25, 0.3) is 21.1 Å². The Bertz CT molecular complexity index is 941. The van der Waals surface area contributed by atoms with Gasteiger partial charge < -0.3 is 9.30 Å². The number of fused-ring (bicyclic) bond motifs is 2. The number of nitrogens with zero attached hydrogens (tertiary/aromatic N) is 3. The highest BCUT2D eigenvalue weighted by molar-refractivity contribution is 7.17. The number of pyridine rings is 1. The fourth-order valence-electron chi connectivity index (χ4n) is 2.62. The van der Waals surface area contributed by atoms with Crippen LogP contribution in [0.2, 0.25) is 0 Å². The van der Waals surface area contributed by atoms with Gasteiger partial charge in [0.05, 0.1) is 11.8 Å². The zero-order valence-corrected chi connectivity index (χ0v) is 13.0. The van der Waals surface area contributed by atoms with Gasteiger partial charge in [0.2, 0.25) is 5.88 Å². The molecule has 0 aliphatic heterocycles. The summed E-state index contributed by atoms with van der Waals surface area (Å²) in [4.78, 5) is 8.77. The smallest absolute Gasteiger partial charge is 0.242 e. The first kappa shape index (κ1) is 13.3. The molecule has 0 radical (unpaired) electrons. The van der Waals surface area contributed by atoms with Crippen LogP contribution in [-0.4, -0.2) is 14.5 Å². The van der Waals surface area contributed by atoms with E-state index in [4.69, 9.17) is 4.74 Å². The summed E-state index contributed by atoms with van der Waals surface area (Å²) in [7, 11) is 0. The Morgan fingerprint density at radius 3 is 3.00 bits per heavy atom. The third-order valence-electron chi connectivity index (χ3n) is 3.77. The molecule has 4 rings (SSSR count). The first-order valence-electron chi connectivity index (χ1n) is 7.24. The number of rotatable bonds is 4. The van der Waals surface area contributed by atoms with Crippen LogP contribution in [-0.2, 0) is 13.2 Å². The molecule has 0 unspecified atom stereocenters. The number of aromatic nitrogens is 3. The fourth-order valence-corrected chi connectivity index (χ4v) is 3.56. The average Bonchev–Trinajstić information content (AvgIpc) is 3.17. The molecular formula is C17H15N3OS. The van der Waals surface area contributed by atoms with E-state index < -0.39 is 0 Å². The Balaban J connectivity index is 1.65. The summed E-state index contributed by atoms with van der Waals surface area (Å²) in [5.41, 5.74) is 3.07. The zero-order valence-electron chi connectivity index (χ0n) is 12.2. The molecule has 0 bridgehead atoms. The minimum absolute atomic E-state index is 0.509. The number of thiophene rings is 1. The first-order chi connectivity index (χ1) is 10.9. The summed E-state index contributed by atoms with van der Waals surface area (Å²) in [6.07, 6.45) is 3.61. The van der Waals surface area contributed by atoms with E-state index in [0.29, 0.717) is 12.5 Å². The van der Waals surface area contributed by atoms with Crippen LogP contribution in [0, 0.1) is 0 Å². The lowest BCUT2D eigenvalue weighted by atomic mass is 10.2. The molecule has 0 atom stereocenters. The topological polar surface area (TPSA) is 39.9 Å². The lowest BCUT2D eigenvalue weighted by molar-refractivity contribution is 0.299. The van der Waals surface area contributed by atoms with E-state index in [1.54, 1.807) is 17.5 Å². The standard InChI is InChI=1S/C17H15N3OS/c1-2-20-11-19-16-14(20)7-8-18-17(16)21-9-12-10-22-15-6-4-3-5-13(12)15/h3-8,10-11H,2,9H2,1H3. The van der Waals surface area contributed by atoms with Crippen molar-refractivity contribution in [3.8, 4) is 5.88 Å². The van der Waals surface area contributed by atoms with Gasteiger partial charge in [0.1, 0.15) is 6.61 Å². The number of hydrogen-bond acceptors (Lipinski definition) is 4. The molecule has 0 aliphatic rings. The van der Waals surface area contributed by atoms with Gasteiger partial charge in [-0.2, -0.15) is 0 Å². The number of aryl methyl sites for hydroxylation is 1. The largest absolute Gasteiger partial charge is 0.471 e. The number of benzene rings is 1. The van der Waals surface area contributed by atoms with Gasteiger partial charge in [-0.25, -0.2) is 9.97 Å². The van der Waals surface area contributed by atoms with E-state index in [0.717, 1.165) is 17.6 Å². The van der Waals surface area contributed by atoms with Gasteiger partial charge >= 0.3 is 0 Å². The van der Waals surface area contributed by atoms with Crippen LogP contribution in [0.1, 0.15) is 12.5 Å². The van der Waals surface area contributed by atoms with E-state index in [1.807, 2.05) is 12.4 Å². The molecule has 3 heterocycles. The maximum atomic E-state index is 5.95. The maximum absolute atomic E-state index is 5.95. The Morgan fingerprint density at radius 2 is 2.09 bits per heavy atom. The van der Waals surface area contributed by atoms with E-state index in [1.165, 1.54) is 15.6 Å². The summed E-state index contributed by atoms with van der Waals surface area (Å²) >= 11 is 1.74. The third kappa shape index (κ3) is 2.14. The number of hydrogen-bond donors (Lipinski definition) is 0. The van der Waals surface area contributed by atoms with Crippen molar-refractivity contribution in [1.82, 2.24) is 14.5 Å². The SMILES string of the molecule is CCn1cnc2c(OCc3csc4ccccc34)nccc21. The zero-order chi connectivity index (χ0) is 14.9. The van der Waals surface area contributed by atoms with E-state index in [-0.39, 0.29) is 0 Å². The van der Waals surface area contributed by atoms with Crippen molar-refractivity contribution in [1.29, 1.82) is 0 Å².